The second-order valence-electron chi connectivity index (χ2n) is 3.80. The standard InChI is InChI=1S/C14H14O4/c1-3-4-12(14(17)18-2)11-7-5-10(6-8-11)9-13(15)16/h1,5-8,12H,4,9H2,2H3,(H,15,16)/t12-/m0/s1. The van der Waals surface area contributed by atoms with Crippen molar-refractivity contribution in [2.75, 3.05) is 7.11 Å². The summed E-state index contributed by atoms with van der Waals surface area (Å²) in [4.78, 5) is 22.1. The average molecular weight is 246 g/mol. The van der Waals surface area contributed by atoms with Crippen LogP contribution in [-0.2, 0) is 20.7 Å². The van der Waals surface area contributed by atoms with Crippen LogP contribution in [-0.4, -0.2) is 24.2 Å². The van der Waals surface area contributed by atoms with Gasteiger partial charge >= 0.3 is 11.9 Å². The minimum Gasteiger partial charge on any atom is -0.481 e. The number of carbonyl (C=O) groups excluding carboxylic acids is 1. The summed E-state index contributed by atoms with van der Waals surface area (Å²) >= 11 is 0. The van der Waals surface area contributed by atoms with E-state index in [2.05, 4.69) is 10.7 Å². The van der Waals surface area contributed by atoms with E-state index < -0.39 is 11.9 Å². The van der Waals surface area contributed by atoms with Gasteiger partial charge in [0.15, 0.2) is 0 Å². The first-order valence-electron chi connectivity index (χ1n) is 5.40. The largest absolute Gasteiger partial charge is 0.481 e. The lowest BCUT2D eigenvalue weighted by molar-refractivity contribution is -0.142. The molecule has 0 unspecified atom stereocenters. The van der Waals surface area contributed by atoms with Crippen LogP contribution in [0.25, 0.3) is 0 Å². The van der Waals surface area contributed by atoms with Gasteiger partial charge in [-0.15, -0.1) is 12.3 Å². The predicted molar refractivity (Wildman–Crippen MR) is 66.0 cm³/mol. The Bertz CT molecular complexity index is 468. The first kappa shape index (κ1) is 13.8. The number of hydrogen-bond donors (Lipinski definition) is 1. The van der Waals surface area contributed by atoms with Crippen molar-refractivity contribution in [1.82, 2.24) is 0 Å². The number of carboxylic acid groups (broad SMARTS) is 1. The Morgan fingerprint density at radius 3 is 2.44 bits per heavy atom. The quantitative estimate of drug-likeness (QED) is 0.633. The normalized spacial score (nSPS) is 11.3. The van der Waals surface area contributed by atoms with Crippen molar-refractivity contribution in [3.8, 4) is 12.3 Å². The summed E-state index contributed by atoms with van der Waals surface area (Å²) in [6.45, 7) is 0. The molecule has 0 saturated carbocycles. The first-order valence-corrected chi connectivity index (χ1v) is 5.40. The molecule has 1 aromatic carbocycles. The molecule has 18 heavy (non-hydrogen) atoms. The highest BCUT2D eigenvalue weighted by atomic mass is 16.5. The van der Waals surface area contributed by atoms with Gasteiger partial charge in [-0.1, -0.05) is 24.3 Å². The Balaban J connectivity index is 2.90. The lowest BCUT2D eigenvalue weighted by Gasteiger charge is -2.12. The topological polar surface area (TPSA) is 63.6 Å². The highest BCUT2D eigenvalue weighted by Gasteiger charge is 2.20. The summed E-state index contributed by atoms with van der Waals surface area (Å²) in [6, 6.07) is 6.76. The molecule has 0 aliphatic carbocycles. The van der Waals surface area contributed by atoms with Crippen LogP contribution in [0.4, 0.5) is 0 Å². The minimum absolute atomic E-state index is 0.0433. The number of ether oxygens (including phenoxy) is 1. The molecule has 0 aliphatic rings. The van der Waals surface area contributed by atoms with E-state index in [1.807, 2.05) is 0 Å². The molecule has 1 rings (SSSR count). The van der Waals surface area contributed by atoms with Gasteiger partial charge in [0.05, 0.1) is 19.4 Å². The Labute approximate surface area is 106 Å². The maximum absolute atomic E-state index is 11.6. The lowest BCUT2D eigenvalue weighted by atomic mass is 9.95. The number of terminal acetylenes is 1. The van der Waals surface area contributed by atoms with Crippen molar-refractivity contribution in [3.05, 3.63) is 35.4 Å². The minimum atomic E-state index is -0.893. The number of carboxylic acids is 1. The first-order chi connectivity index (χ1) is 8.58. The van der Waals surface area contributed by atoms with Gasteiger partial charge in [-0.25, -0.2) is 0 Å². The van der Waals surface area contributed by atoms with Gasteiger partial charge in [0, 0.05) is 6.42 Å². The second kappa shape index (κ2) is 6.45. The van der Waals surface area contributed by atoms with Crippen molar-refractivity contribution >= 4 is 11.9 Å². The van der Waals surface area contributed by atoms with E-state index >= 15 is 0 Å². The number of rotatable bonds is 5. The highest BCUT2D eigenvalue weighted by Crippen LogP contribution is 2.21. The molecule has 0 aliphatic heterocycles. The molecule has 94 valence electrons. The second-order valence-corrected chi connectivity index (χ2v) is 3.80. The third kappa shape index (κ3) is 3.63. The maximum atomic E-state index is 11.6. The number of hydrogen-bond acceptors (Lipinski definition) is 3. The van der Waals surface area contributed by atoms with E-state index in [9.17, 15) is 9.59 Å². The fourth-order valence-electron chi connectivity index (χ4n) is 1.64. The number of carbonyl (C=O) groups is 2. The summed E-state index contributed by atoms with van der Waals surface area (Å²) in [5.41, 5.74) is 1.41. The molecule has 0 spiro atoms. The molecule has 1 N–H and O–H groups in total. The van der Waals surface area contributed by atoms with Gasteiger partial charge in [0.25, 0.3) is 0 Å². The summed E-state index contributed by atoms with van der Waals surface area (Å²) < 4.78 is 4.69. The molecule has 0 amide bonds. The van der Waals surface area contributed by atoms with Gasteiger partial charge < -0.3 is 9.84 Å². The highest BCUT2D eigenvalue weighted by molar-refractivity contribution is 5.78. The van der Waals surface area contributed by atoms with Gasteiger partial charge in [-0.3, -0.25) is 9.59 Å². The van der Waals surface area contributed by atoms with Crippen molar-refractivity contribution in [2.24, 2.45) is 0 Å². The van der Waals surface area contributed by atoms with Crippen molar-refractivity contribution in [1.29, 1.82) is 0 Å². The van der Waals surface area contributed by atoms with E-state index in [1.54, 1.807) is 24.3 Å². The zero-order chi connectivity index (χ0) is 13.5. The van der Waals surface area contributed by atoms with Crippen LogP contribution >= 0.6 is 0 Å². The molecule has 0 saturated heterocycles. The van der Waals surface area contributed by atoms with E-state index in [-0.39, 0.29) is 18.8 Å². The fourth-order valence-corrected chi connectivity index (χ4v) is 1.64. The molecular weight excluding hydrogens is 232 g/mol. The Morgan fingerprint density at radius 2 is 2.00 bits per heavy atom. The molecule has 4 heteroatoms. The van der Waals surface area contributed by atoms with Gasteiger partial charge in [0.1, 0.15) is 0 Å². The number of methoxy groups -OCH3 is 1. The smallest absolute Gasteiger partial charge is 0.314 e. The van der Waals surface area contributed by atoms with E-state index in [4.69, 9.17) is 11.5 Å². The van der Waals surface area contributed by atoms with Crippen LogP contribution in [0.3, 0.4) is 0 Å². The third-order valence-corrected chi connectivity index (χ3v) is 2.55. The number of aliphatic carboxylic acids is 1. The van der Waals surface area contributed by atoms with Crippen molar-refractivity contribution < 1.29 is 19.4 Å². The summed E-state index contributed by atoms with van der Waals surface area (Å²) in [7, 11) is 1.31. The zero-order valence-electron chi connectivity index (χ0n) is 10.1. The molecular formula is C14H14O4. The number of esters is 1. The van der Waals surface area contributed by atoms with Crippen LogP contribution < -0.4 is 0 Å². The van der Waals surface area contributed by atoms with Gasteiger partial charge in [-0.2, -0.15) is 0 Å². The van der Waals surface area contributed by atoms with Crippen LogP contribution in [0.5, 0.6) is 0 Å². The van der Waals surface area contributed by atoms with Crippen molar-refractivity contribution in [2.45, 2.75) is 18.8 Å². The average Bonchev–Trinajstić information content (AvgIpc) is 2.35. The molecule has 0 heterocycles. The van der Waals surface area contributed by atoms with Crippen LogP contribution in [0.2, 0.25) is 0 Å². The van der Waals surface area contributed by atoms with Crippen LogP contribution in [0.1, 0.15) is 23.5 Å². The molecule has 0 fully saturated rings. The maximum Gasteiger partial charge on any atom is 0.314 e. The Morgan fingerprint density at radius 1 is 1.39 bits per heavy atom. The lowest BCUT2D eigenvalue weighted by Crippen LogP contribution is -2.14. The molecule has 0 aromatic heterocycles. The van der Waals surface area contributed by atoms with Gasteiger partial charge in [-0.05, 0) is 11.1 Å². The summed E-state index contributed by atoms with van der Waals surface area (Å²) in [5.74, 6) is 0.650. The Hall–Kier alpha value is -2.28. The van der Waals surface area contributed by atoms with Crippen LogP contribution in [0, 0.1) is 12.3 Å². The number of benzene rings is 1. The zero-order valence-corrected chi connectivity index (χ0v) is 10.1. The van der Waals surface area contributed by atoms with Crippen LogP contribution in [0.15, 0.2) is 24.3 Å². The summed E-state index contributed by atoms with van der Waals surface area (Å²) in [6.07, 6.45) is 5.43. The molecule has 1 atom stereocenters. The molecule has 4 nitrogen and oxygen atoms in total. The van der Waals surface area contributed by atoms with E-state index in [0.29, 0.717) is 5.56 Å². The van der Waals surface area contributed by atoms with Crippen molar-refractivity contribution in [3.63, 3.8) is 0 Å². The predicted octanol–water partition coefficient (Wildman–Crippen LogP) is 1.59. The third-order valence-electron chi connectivity index (χ3n) is 2.55. The van der Waals surface area contributed by atoms with E-state index in [0.717, 1.165) is 5.56 Å². The van der Waals surface area contributed by atoms with E-state index in [1.165, 1.54) is 7.11 Å². The summed E-state index contributed by atoms with van der Waals surface area (Å²) in [5, 5.41) is 8.66. The molecule has 0 radical (unpaired) electrons. The molecule has 0 bridgehead atoms. The monoisotopic (exact) mass is 246 g/mol. The molecule has 1 aromatic rings. The van der Waals surface area contributed by atoms with Gasteiger partial charge in [0.2, 0.25) is 0 Å². The SMILES string of the molecule is C#CC[C@H](C(=O)OC)c1ccc(CC(=O)O)cc1. The Kier molecular flexibility index (Phi) is 4.94. The fraction of sp³-hybridized carbons (Fsp3) is 0.286.